The monoisotopic (exact) mass is 527 g/mol. The summed E-state index contributed by atoms with van der Waals surface area (Å²) < 4.78 is 92.8. The first-order valence-corrected chi connectivity index (χ1v) is 10.5. The van der Waals surface area contributed by atoms with E-state index in [1.807, 2.05) is 0 Å². The van der Waals surface area contributed by atoms with Crippen LogP contribution in [0, 0.1) is 5.82 Å². The summed E-state index contributed by atoms with van der Waals surface area (Å²) in [5.74, 6) is -2.23. The summed E-state index contributed by atoms with van der Waals surface area (Å²) in [6.07, 6.45) is -8.18. The van der Waals surface area contributed by atoms with Crippen LogP contribution in [-0.2, 0) is 11.0 Å². The molecule has 37 heavy (non-hydrogen) atoms. The molecule has 194 valence electrons. The fraction of sp³-hybridized carbons (Fsp3) is 0.217. The Kier molecular flexibility index (Phi) is 7.01. The van der Waals surface area contributed by atoms with Crippen molar-refractivity contribution in [3.63, 3.8) is 0 Å². The van der Waals surface area contributed by atoms with Crippen LogP contribution >= 0.6 is 0 Å². The summed E-state index contributed by atoms with van der Waals surface area (Å²) in [5, 5.41) is 8.21. The van der Waals surface area contributed by atoms with Crippen molar-refractivity contribution in [1.29, 1.82) is 0 Å². The number of nitrogens with zero attached hydrogens (tertiary/aromatic N) is 4. The van der Waals surface area contributed by atoms with E-state index in [4.69, 9.17) is 0 Å². The number of hydrogen-bond acceptors (Lipinski definition) is 6. The molecule has 2 aromatic carbocycles. The van der Waals surface area contributed by atoms with Gasteiger partial charge in [0, 0.05) is 18.1 Å². The molecule has 0 aliphatic carbocycles. The molecular weight excluding hydrogens is 511 g/mol. The minimum absolute atomic E-state index is 0.0271. The van der Waals surface area contributed by atoms with E-state index in [-0.39, 0.29) is 24.6 Å². The van der Waals surface area contributed by atoms with Crippen LogP contribution in [0.15, 0.2) is 66.0 Å². The van der Waals surface area contributed by atoms with Crippen LogP contribution in [0.5, 0.6) is 5.75 Å². The van der Waals surface area contributed by atoms with Gasteiger partial charge in [-0.3, -0.25) is 9.80 Å². The van der Waals surface area contributed by atoms with Crippen molar-refractivity contribution >= 4 is 17.3 Å². The van der Waals surface area contributed by atoms with Crippen molar-refractivity contribution in [1.82, 2.24) is 15.0 Å². The van der Waals surface area contributed by atoms with Crippen LogP contribution in [0.3, 0.4) is 0 Å². The number of rotatable bonds is 6. The molecule has 14 heteroatoms. The van der Waals surface area contributed by atoms with Crippen LogP contribution in [0.1, 0.15) is 22.9 Å². The lowest BCUT2D eigenvalue weighted by molar-refractivity contribution is -0.274. The lowest BCUT2D eigenvalue weighted by Crippen LogP contribution is -2.29. The minimum atomic E-state index is -4.85. The van der Waals surface area contributed by atoms with Crippen LogP contribution in [0.25, 0.3) is 0 Å². The number of hydrazone groups is 1. The van der Waals surface area contributed by atoms with Crippen LogP contribution < -0.4 is 10.1 Å². The molecular formula is C23H16F7N5O2. The highest BCUT2D eigenvalue weighted by Gasteiger charge is 2.35. The van der Waals surface area contributed by atoms with Gasteiger partial charge in [0.25, 0.3) is 0 Å². The molecule has 7 nitrogen and oxygen atoms in total. The van der Waals surface area contributed by atoms with Gasteiger partial charge in [-0.2, -0.15) is 18.3 Å². The van der Waals surface area contributed by atoms with Gasteiger partial charge >= 0.3 is 12.5 Å². The molecule has 0 saturated carbocycles. The Morgan fingerprint density at radius 1 is 0.973 bits per heavy atom. The van der Waals surface area contributed by atoms with Gasteiger partial charge in [-0.05, 0) is 42.0 Å². The average Bonchev–Trinajstić information content (AvgIpc) is 3.23. The number of ether oxygens (including phenoxy) is 1. The van der Waals surface area contributed by atoms with Crippen molar-refractivity contribution in [3.05, 3.63) is 83.7 Å². The molecule has 2 heterocycles. The van der Waals surface area contributed by atoms with E-state index in [9.17, 15) is 35.5 Å². The van der Waals surface area contributed by atoms with Crippen molar-refractivity contribution in [2.24, 2.45) is 5.10 Å². The molecule has 1 aliphatic rings. The van der Waals surface area contributed by atoms with Crippen molar-refractivity contribution in [2.75, 3.05) is 18.4 Å². The summed E-state index contributed by atoms with van der Waals surface area (Å²) in [5.41, 5.74) is -0.0549. The number of aromatic nitrogens is 2. The van der Waals surface area contributed by atoms with E-state index in [1.54, 1.807) is 0 Å². The Bertz CT molecular complexity index is 1280. The third-order valence-electron chi connectivity index (χ3n) is 5.12. The minimum Gasteiger partial charge on any atom is -0.406 e. The first-order chi connectivity index (χ1) is 17.4. The molecule has 1 aliphatic heterocycles. The topological polar surface area (TPSA) is 79.7 Å². The third-order valence-corrected chi connectivity index (χ3v) is 5.12. The highest BCUT2D eigenvalue weighted by Crippen LogP contribution is 2.31. The number of benzene rings is 2. The molecule has 1 unspecified atom stereocenters. The molecule has 0 spiro atoms. The Morgan fingerprint density at radius 3 is 2.16 bits per heavy atom. The van der Waals surface area contributed by atoms with E-state index in [0.29, 0.717) is 23.7 Å². The van der Waals surface area contributed by atoms with Gasteiger partial charge in [0.2, 0.25) is 5.91 Å². The fourth-order valence-electron chi connectivity index (χ4n) is 3.51. The van der Waals surface area contributed by atoms with Crippen LogP contribution in [-0.4, -0.2) is 46.0 Å². The van der Waals surface area contributed by atoms with Gasteiger partial charge in [0.1, 0.15) is 23.9 Å². The predicted octanol–water partition coefficient (Wildman–Crippen LogP) is 4.98. The predicted molar refractivity (Wildman–Crippen MR) is 116 cm³/mol. The van der Waals surface area contributed by atoms with Crippen LogP contribution in [0.4, 0.5) is 36.4 Å². The number of anilines is 1. The van der Waals surface area contributed by atoms with Gasteiger partial charge in [0.05, 0.1) is 23.7 Å². The van der Waals surface area contributed by atoms with Crippen molar-refractivity contribution < 1.29 is 40.3 Å². The molecule has 1 amide bonds. The van der Waals surface area contributed by atoms with E-state index >= 15 is 0 Å². The molecule has 1 aromatic heterocycles. The quantitative estimate of drug-likeness (QED) is 0.458. The maximum absolute atomic E-state index is 13.4. The first kappa shape index (κ1) is 25.9. The van der Waals surface area contributed by atoms with E-state index < -0.39 is 41.5 Å². The normalized spacial score (nSPS) is 15.9. The number of nitrogens with one attached hydrogen (secondary N) is 1. The Balaban J connectivity index is 1.49. The van der Waals surface area contributed by atoms with Gasteiger partial charge in [-0.1, -0.05) is 12.1 Å². The number of alkyl halides is 6. The molecule has 0 saturated heterocycles. The smallest absolute Gasteiger partial charge is 0.406 e. The highest BCUT2D eigenvalue weighted by molar-refractivity contribution is 6.06. The summed E-state index contributed by atoms with van der Waals surface area (Å²) in [6, 6.07) is 9.72. The number of halogens is 7. The number of amides is 1. The Labute approximate surface area is 204 Å². The van der Waals surface area contributed by atoms with Gasteiger partial charge < -0.3 is 10.1 Å². The molecule has 4 rings (SSSR count). The van der Waals surface area contributed by atoms with Gasteiger partial charge in [-0.25, -0.2) is 14.4 Å². The number of carbonyl (C=O) groups excluding carboxylic acids is 1. The van der Waals surface area contributed by atoms with Crippen molar-refractivity contribution in [2.45, 2.75) is 18.5 Å². The second-order valence-corrected chi connectivity index (χ2v) is 7.84. The van der Waals surface area contributed by atoms with Crippen molar-refractivity contribution in [3.8, 4) is 5.75 Å². The lowest BCUT2D eigenvalue weighted by atomic mass is 9.96. The third kappa shape index (κ3) is 6.71. The van der Waals surface area contributed by atoms with Gasteiger partial charge in [-0.15, -0.1) is 13.2 Å². The molecule has 3 aromatic rings. The SMILES string of the molecule is O=C(CN1CC(c2ncc(C(F)(F)F)cn2)C(c2ccc(F)cc2)=N1)Nc1ccc(OC(F)(F)F)cc1. The van der Waals surface area contributed by atoms with Crippen LogP contribution in [0.2, 0.25) is 0 Å². The number of carbonyl (C=O) groups is 1. The molecule has 0 bridgehead atoms. The second kappa shape index (κ2) is 10.0. The summed E-state index contributed by atoms with van der Waals surface area (Å²) in [6.45, 7) is -0.271. The average molecular weight is 527 g/mol. The zero-order chi connectivity index (χ0) is 26.8. The molecule has 0 fully saturated rings. The van der Waals surface area contributed by atoms with Gasteiger partial charge in [0.15, 0.2) is 0 Å². The lowest BCUT2D eigenvalue weighted by Gasteiger charge is -2.16. The zero-order valence-corrected chi connectivity index (χ0v) is 18.5. The first-order valence-electron chi connectivity index (χ1n) is 10.5. The summed E-state index contributed by atoms with van der Waals surface area (Å²) in [4.78, 5) is 20.2. The largest absolute Gasteiger partial charge is 0.573 e. The van der Waals surface area contributed by atoms with E-state index in [2.05, 4.69) is 25.1 Å². The Morgan fingerprint density at radius 2 is 1.59 bits per heavy atom. The second-order valence-electron chi connectivity index (χ2n) is 7.84. The fourth-order valence-corrected chi connectivity index (χ4v) is 3.51. The summed E-state index contributed by atoms with van der Waals surface area (Å²) >= 11 is 0. The molecule has 1 atom stereocenters. The maximum atomic E-state index is 13.4. The molecule has 0 radical (unpaired) electrons. The summed E-state index contributed by atoms with van der Waals surface area (Å²) in [7, 11) is 0. The van der Waals surface area contributed by atoms with E-state index in [0.717, 1.165) is 12.1 Å². The Hall–Kier alpha value is -4.23. The van der Waals surface area contributed by atoms with E-state index in [1.165, 1.54) is 41.4 Å². The highest BCUT2D eigenvalue weighted by atomic mass is 19.4. The molecule has 1 N–H and O–H groups in total. The number of hydrogen-bond donors (Lipinski definition) is 1. The standard InChI is InChI=1S/C23H16F7N5O2/c24-15-3-1-13(2-4-15)20-18(21-31-9-14(10-32-21)22(25,26)27)11-35(34-20)12-19(36)33-16-5-7-17(8-6-16)37-23(28,29)30/h1-10,18H,11-12H2,(H,33,36). The maximum Gasteiger partial charge on any atom is 0.573 e. The zero-order valence-electron chi connectivity index (χ0n) is 18.5.